The molecule has 0 unspecified atom stereocenters. The van der Waals surface area contributed by atoms with E-state index in [1.165, 1.54) is 0 Å². The minimum atomic E-state index is 0.0742. The maximum absolute atomic E-state index is 9.11. The zero-order valence-corrected chi connectivity index (χ0v) is 12.6. The highest BCUT2D eigenvalue weighted by molar-refractivity contribution is 6.42. The highest BCUT2D eigenvalue weighted by atomic mass is 35.5. The summed E-state index contributed by atoms with van der Waals surface area (Å²) >= 11 is 11.9. The van der Waals surface area contributed by atoms with Crippen LogP contribution in [0.5, 0.6) is 0 Å². The van der Waals surface area contributed by atoms with Crippen LogP contribution < -0.4 is 5.32 Å². The number of hydrogen-bond acceptors (Lipinski definition) is 4. The molecule has 2 aromatic rings. The number of benzene rings is 1. The molecule has 0 aliphatic rings. The Morgan fingerprint density at radius 1 is 1.35 bits per heavy atom. The van der Waals surface area contributed by atoms with Gasteiger partial charge in [0.2, 0.25) is 0 Å². The summed E-state index contributed by atoms with van der Waals surface area (Å²) < 4.78 is 1.64. The quantitative estimate of drug-likeness (QED) is 0.859. The lowest BCUT2D eigenvalue weighted by atomic mass is 10.2. The summed E-state index contributed by atoms with van der Waals surface area (Å²) in [4.78, 5) is 0. The third-order valence-electron chi connectivity index (χ3n) is 2.99. The zero-order valence-electron chi connectivity index (χ0n) is 11.1. The van der Waals surface area contributed by atoms with Crippen LogP contribution in [0.2, 0.25) is 10.0 Å². The molecule has 0 amide bonds. The molecule has 0 fully saturated rings. The van der Waals surface area contributed by atoms with Crippen molar-refractivity contribution < 1.29 is 5.11 Å². The molecule has 2 rings (SSSR count). The second-order valence-electron chi connectivity index (χ2n) is 4.42. The minimum absolute atomic E-state index is 0.0742. The van der Waals surface area contributed by atoms with Crippen LogP contribution >= 0.6 is 23.2 Å². The monoisotopic (exact) mass is 314 g/mol. The first-order valence-corrected chi connectivity index (χ1v) is 7.10. The molecule has 2 N–H and O–H groups in total. The lowest BCUT2D eigenvalue weighted by molar-refractivity contribution is 0.238. The first-order valence-electron chi connectivity index (χ1n) is 6.35. The van der Waals surface area contributed by atoms with Gasteiger partial charge in [-0.1, -0.05) is 35.3 Å². The Labute approximate surface area is 127 Å². The number of nitrogens with one attached hydrogen (secondary N) is 1. The van der Waals surface area contributed by atoms with Gasteiger partial charge in [0.15, 0.2) is 0 Å². The van der Waals surface area contributed by atoms with Crippen LogP contribution in [0.1, 0.15) is 19.0 Å². The molecule has 0 aliphatic heterocycles. The van der Waals surface area contributed by atoms with E-state index in [9.17, 15) is 0 Å². The molecule has 0 bridgehead atoms. The zero-order chi connectivity index (χ0) is 14.5. The second-order valence-corrected chi connectivity index (χ2v) is 5.24. The van der Waals surface area contributed by atoms with Crippen molar-refractivity contribution in [2.24, 2.45) is 0 Å². The fourth-order valence-corrected chi connectivity index (χ4v) is 2.01. The minimum Gasteiger partial charge on any atom is -0.395 e. The normalized spacial score (nSPS) is 12.6. The van der Waals surface area contributed by atoms with Gasteiger partial charge in [0.1, 0.15) is 0 Å². The maximum atomic E-state index is 9.11. The summed E-state index contributed by atoms with van der Waals surface area (Å²) in [6.07, 6.45) is 2.67. The van der Waals surface area contributed by atoms with Gasteiger partial charge in [-0.2, -0.15) is 0 Å². The van der Waals surface area contributed by atoms with Crippen molar-refractivity contribution in [3.05, 3.63) is 40.1 Å². The van der Waals surface area contributed by atoms with E-state index in [0.29, 0.717) is 16.6 Å². The van der Waals surface area contributed by atoms with Crippen LogP contribution in [0.3, 0.4) is 0 Å². The number of aliphatic hydroxyl groups is 1. The molecule has 7 heteroatoms. The van der Waals surface area contributed by atoms with E-state index in [2.05, 4.69) is 15.6 Å². The number of halogens is 2. The van der Waals surface area contributed by atoms with Gasteiger partial charge in [0.25, 0.3) is 0 Å². The van der Waals surface area contributed by atoms with E-state index in [4.69, 9.17) is 28.3 Å². The van der Waals surface area contributed by atoms with E-state index in [0.717, 1.165) is 17.8 Å². The topological polar surface area (TPSA) is 63.0 Å². The third kappa shape index (κ3) is 3.70. The average Bonchev–Trinajstić information content (AvgIpc) is 2.92. The lowest BCUT2D eigenvalue weighted by Crippen LogP contribution is -2.31. The smallest absolute Gasteiger partial charge is 0.0969 e. The van der Waals surface area contributed by atoms with Gasteiger partial charge in [0.05, 0.1) is 34.2 Å². The van der Waals surface area contributed by atoms with Crippen molar-refractivity contribution in [2.75, 3.05) is 6.61 Å². The van der Waals surface area contributed by atoms with Crippen molar-refractivity contribution in [1.82, 2.24) is 20.3 Å². The highest BCUT2D eigenvalue weighted by Gasteiger charge is 2.08. The molecule has 5 nitrogen and oxygen atoms in total. The Morgan fingerprint density at radius 3 is 2.80 bits per heavy atom. The van der Waals surface area contributed by atoms with E-state index in [1.54, 1.807) is 16.8 Å². The molecular formula is C13H16Cl2N4O. The molecule has 1 aromatic heterocycles. The van der Waals surface area contributed by atoms with Gasteiger partial charge >= 0.3 is 0 Å². The predicted molar refractivity (Wildman–Crippen MR) is 79.4 cm³/mol. The Balaban J connectivity index is 2.06. The Kier molecular flexibility index (Phi) is 5.37. The number of aromatic nitrogens is 3. The predicted octanol–water partition coefficient (Wildman–Crippen LogP) is 2.43. The molecule has 0 radical (unpaired) electrons. The second kappa shape index (κ2) is 7.04. The summed E-state index contributed by atoms with van der Waals surface area (Å²) in [5.41, 5.74) is 1.59. The summed E-state index contributed by atoms with van der Waals surface area (Å²) in [6, 6.07) is 5.35. The third-order valence-corrected chi connectivity index (χ3v) is 3.73. The number of aliphatic hydroxyl groups excluding tert-OH is 1. The van der Waals surface area contributed by atoms with Gasteiger partial charge in [-0.05, 0) is 24.6 Å². The van der Waals surface area contributed by atoms with Gasteiger partial charge < -0.3 is 10.4 Å². The fourth-order valence-electron chi connectivity index (χ4n) is 1.72. The lowest BCUT2D eigenvalue weighted by Gasteiger charge is -2.11. The van der Waals surface area contributed by atoms with Crippen LogP contribution in [-0.2, 0) is 6.54 Å². The van der Waals surface area contributed by atoms with Gasteiger partial charge in [-0.3, -0.25) is 0 Å². The van der Waals surface area contributed by atoms with Crippen molar-refractivity contribution >= 4 is 23.2 Å². The van der Waals surface area contributed by atoms with Gasteiger partial charge in [-0.15, -0.1) is 5.10 Å². The van der Waals surface area contributed by atoms with E-state index in [-0.39, 0.29) is 12.6 Å². The number of hydrogen-bond donors (Lipinski definition) is 2. The molecule has 0 aliphatic carbocycles. The summed E-state index contributed by atoms with van der Waals surface area (Å²) in [6.45, 7) is 2.68. The highest BCUT2D eigenvalue weighted by Crippen LogP contribution is 2.24. The number of rotatable bonds is 6. The van der Waals surface area contributed by atoms with E-state index in [1.807, 2.05) is 19.2 Å². The molecule has 1 aromatic carbocycles. The molecular weight excluding hydrogens is 299 g/mol. The molecule has 20 heavy (non-hydrogen) atoms. The first kappa shape index (κ1) is 15.3. The summed E-state index contributed by atoms with van der Waals surface area (Å²) in [5.74, 6) is 0. The molecule has 1 heterocycles. The fraction of sp³-hybridized carbons (Fsp3) is 0.385. The molecule has 0 spiro atoms. The molecule has 1 atom stereocenters. The van der Waals surface area contributed by atoms with Gasteiger partial charge in [-0.25, -0.2) is 4.68 Å². The summed E-state index contributed by atoms with van der Waals surface area (Å²) in [7, 11) is 0. The van der Waals surface area contributed by atoms with Gasteiger partial charge in [0, 0.05) is 12.6 Å². The van der Waals surface area contributed by atoms with Crippen LogP contribution in [0.4, 0.5) is 0 Å². The Hall–Kier alpha value is -1.14. The largest absolute Gasteiger partial charge is 0.395 e. The maximum Gasteiger partial charge on any atom is 0.0969 e. The molecule has 0 saturated carbocycles. The first-order chi connectivity index (χ1) is 9.63. The van der Waals surface area contributed by atoms with Crippen LogP contribution in [0.15, 0.2) is 24.4 Å². The van der Waals surface area contributed by atoms with E-state index >= 15 is 0 Å². The number of nitrogens with zero attached hydrogens (tertiary/aromatic N) is 3. The van der Waals surface area contributed by atoms with Crippen molar-refractivity contribution in [1.29, 1.82) is 0 Å². The average molecular weight is 315 g/mol. The summed E-state index contributed by atoms with van der Waals surface area (Å²) in [5, 5.41) is 21.4. The molecule has 0 saturated heterocycles. The van der Waals surface area contributed by atoms with Crippen molar-refractivity contribution in [3.63, 3.8) is 0 Å². The van der Waals surface area contributed by atoms with Crippen molar-refractivity contribution in [2.45, 2.75) is 25.9 Å². The Bertz CT molecular complexity index is 569. The standard InChI is InChI=1S/C13H16Cl2N4O/c1-2-9(8-20)16-6-10-7-19(18-17-10)11-3-4-12(14)13(15)5-11/h3-5,7,9,16,20H,2,6,8H2,1H3/t9-/m1/s1. The SMILES string of the molecule is CC[C@H](CO)NCc1cn(-c2ccc(Cl)c(Cl)c2)nn1. The van der Waals surface area contributed by atoms with Crippen LogP contribution in [0, 0.1) is 0 Å². The van der Waals surface area contributed by atoms with Crippen molar-refractivity contribution in [3.8, 4) is 5.69 Å². The van der Waals surface area contributed by atoms with E-state index < -0.39 is 0 Å². The Morgan fingerprint density at radius 2 is 2.15 bits per heavy atom. The van der Waals surface area contributed by atoms with Crippen LogP contribution in [-0.4, -0.2) is 32.7 Å². The van der Waals surface area contributed by atoms with Crippen LogP contribution in [0.25, 0.3) is 5.69 Å². The molecule has 108 valence electrons.